The summed E-state index contributed by atoms with van der Waals surface area (Å²) < 4.78 is 0. The number of hydrogen-bond donors (Lipinski definition) is 2. The second-order valence-electron chi connectivity index (χ2n) is 4.28. The summed E-state index contributed by atoms with van der Waals surface area (Å²) in [5.41, 5.74) is 0.619. The maximum Gasteiger partial charge on any atom is 0.303 e. The second-order valence-corrected chi connectivity index (χ2v) is 4.28. The van der Waals surface area contributed by atoms with Gasteiger partial charge in [-0.2, -0.15) is 0 Å². The van der Waals surface area contributed by atoms with E-state index in [0.717, 1.165) is 10.8 Å². The molecule has 0 spiro atoms. The number of fused-ring (bicyclic) bond motifs is 1. The molecule has 0 atom stereocenters. The van der Waals surface area contributed by atoms with Crippen molar-refractivity contribution in [3.05, 3.63) is 48.0 Å². The van der Waals surface area contributed by atoms with Crippen LogP contribution in [0.4, 0.5) is 0 Å². The molecule has 4 nitrogen and oxygen atoms in total. The van der Waals surface area contributed by atoms with E-state index in [9.17, 15) is 9.59 Å². The first kappa shape index (κ1) is 13.1. The Morgan fingerprint density at radius 2 is 1.79 bits per heavy atom. The Bertz CT molecular complexity index is 602. The lowest BCUT2D eigenvalue weighted by molar-refractivity contribution is -0.137. The van der Waals surface area contributed by atoms with Gasteiger partial charge in [-0.1, -0.05) is 36.4 Å². The van der Waals surface area contributed by atoms with Crippen LogP contribution in [0.5, 0.6) is 0 Å². The molecule has 2 aromatic carbocycles. The minimum atomic E-state index is -0.848. The standard InChI is InChI=1S/C15H15NO3/c17-14(18)9-4-10-16-15(19)13-8-3-6-11-5-1-2-7-12(11)13/h1-3,5-8H,4,9-10H2,(H,16,19)(H,17,18). The van der Waals surface area contributed by atoms with Crippen molar-refractivity contribution in [3.8, 4) is 0 Å². The molecule has 2 aromatic rings. The highest BCUT2D eigenvalue weighted by Gasteiger charge is 2.08. The lowest BCUT2D eigenvalue weighted by atomic mass is 10.0. The van der Waals surface area contributed by atoms with E-state index >= 15 is 0 Å². The van der Waals surface area contributed by atoms with Crippen LogP contribution in [0, 0.1) is 0 Å². The third-order valence-corrected chi connectivity index (χ3v) is 2.89. The van der Waals surface area contributed by atoms with Crippen molar-refractivity contribution in [1.82, 2.24) is 5.32 Å². The Labute approximate surface area is 111 Å². The smallest absolute Gasteiger partial charge is 0.303 e. The van der Waals surface area contributed by atoms with Crippen LogP contribution >= 0.6 is 0 Å². The number of nitrogens with one attached hydrogen (secondary N) is 1. The molecular weight excluding hydrogens is 242 g/mol. The molecule has 0 bridgehead atoms. The van der Waals surface area contributed by atoms with Gasteiger partial charge in [-0.05, 0) is 23.3 Å². The fourth-order valence-corrected chi connectivity index (χ4v) is 1.96. The maximum atomic E-state index is 12.0. The SMILES string of the molecule is O=C(O)CCCNC(=O)c1cccc2ccccc12. The minimum absolute atomic E-state index is 0.0653. The van der Waals surface area contributed by atoms with Crippen LogP contribution in [0.15, 0.2) is 42.5 Å². The Hall–Kier alpha value is -2.36. The number of carbonyl (C=O) groups is 2. The van der Waals surface area contributed by atoms with Crippen molar-refractivity contribution >= 4 is 22.6 Å². The van der Waals surface area contributed by atoms with Gasteiger partial charge in [-0.3, -0.25) is 9.59 Å². The molecule has 0 aliphatic carbocycles. The number of carbonyl (C=O) groups excluding carboxylic acids is 1. The Morgan fingerprint density at radius 1 is 1.05 bits per heavy atom. The van der Waals surface area contributed by atoms with Gasteiger partial charge in [0, 0.05) is 18.5 Å². The fourth-order valence-electron chi connectivity index (χ4n) is 1.96. The van der Waals surface area contributed by atoms with Gasteiger partial charge < -0.3 is 10.4 Å². The molecule has 0 aliphatic rings. The van der Waals surface area contributed by atoms with Crippen molar-refractivity contribution in [2.24, 2.45) is 0 Å². The fraction of sp³-hybridized carbons (Fsp3) is 0.200. The van der Waals surface area contributed by atoms with Crippen LogP contribution < -0.4 is 5.32 Å². The molecule has 0 fully saturated rings. The number of rotatable bonds is 5. The van der Waals surface area contributed by atoms with Crippen molar-refractivity contribution in [2.45, 2.75) is 12.8 Å². The zero-order valence-corrected chi connectivity index (χ0v) is 10.4. The molecule has 1 amide bonds. The number of hydrogen-bond acceptors (Lipinski definition) is 2. The van der Waals surface area contributed by atoms with Crippen molar-refractivity contribution in [1.29, 1.82) is 0 Å². The predicted octanol–water partition coefficient (Wildman–Crippen LogP) is 2.43. The normalized spacial score (nSPS) is 10.3. The van der Waals surface area contributed by atoms with Crippen LogP contribution in [-0.2, 0) is 4.79 Å². The van der Waals surface area contributed by atoms with E-state index in [1.807, 2.05) is 36.4 Å². The highest BCUT2D eigenvalue weighted by atomic mass is 16.4. The molecule has 19 heavy (non-hydrogen) atoms. The van der Waals surface area contributed by atoms with Crippen molar-refractivity contribution in [2.75, 3.05) is 6.54 Å². The van der Waals surface area contributed by atoms with Crippen LogP contribution in [0.2, 0.25) is 0 Å². The summed E-state index contributed by atoms with van der Waals surface area (Å²) in [6.45, 7) is 0.369. The summed E-state index contributed by atoms with van der Waals surface area (Å²) in [4.78, 5) is 22.4. The average molecular weight is 257 g/mol. The number of aliphatic carboxylic acids is 1. The first-order valence-corrected chi connectivity index (χ1v) is 6.16. The van der Waals surface area contributed by atoms with Gasteiger partial charge in [0.15, 0.2) is 0 Å². The van der Waals surface area contributed by atoms with E-state index in [-0.39, 0.29) is 12.3 Å². The lowest BCUT2D eigenvalue weighted by Crippen LogP contribution is -2.25. The van der Waals surface area contributed by atoms with Gasteiger partial charge >= 0.3 is 5.97 Å². The van der Waals surface area contributed by atoms with Crippen LogP contribution in [0.1, 0.15) is 23.2 Å². The summed E-state index contributed by atoms with van der Waals surface area (Å²) in [7, 11) is 0. The predicted molar refractivity (Wildman–Crippen MR) is 73.2 cm³/mol. The largest absolute Gasteiger partial charge is 0.481 e. The second kappa shape index (κ2) is 6.00. The molecule has 0 aliphatic heterocycles. The number of carboxylic acids is 1. The summed E-state index contributed by atoms with van der Waals surface area (Å²) in [6, 6.07) is 13.2. The molecule has 0 heterocycles. The van der Waals surface area contributed by atoms with Gasteiger partial charge in [-0.15, -0.1) is 0 Å². The van der Waals surface area contributed by atoms with E-state index in [2.05, 4.69) is 5.32 Å². The molecule has 0 aromatic heterocycles. The van der Waals surface area contributed by atoms with Crippen LogP contribution in [0.3, 0.4) is 0 Å². The van der Waals surface area contributed by atoms with Gasteiger partial charge in [0.05, 0.1) is 0 Å². The van der Waals surface area contributed by atoms with Crippen LogP contribution in [0.25, 0.3) is 10.8 Å². The third-order valence-electron chi connectivity index (χ3n) is 2.89. The molecule has 0 radical (unpaired) electrons. The zero-order chi connectivity index (χ0) is 13.7. The molecule has 0 saturated heterocycles. The summed E-state index contributed by atoms with van der Waals surface area (Å²) in [6.07, 6.45) is 0.502. The zero-order valence-electron chi connectivity index (χ0n) is 10.4. The van der Waals surface area contributed by atoms with E-state index in [1.165, 1.54) is 0 Å². The monoisotopic (exact) mass is 257 g/mol. The summed E-state index contributed by atoms with van der Waals surface area (Å²) >= 11 is 0. The van der Waals surface area contributed by atoms with Crippen LogP contribution in [-0.4, -0.2) is 23.5 Å². The maximum absolute atomic E-state index is 12.0. The number of benzene rings is 2. The highest BCUT2D eigenvalue weighted by molar-refractivity contribution is 6.06. The average Bonchev–Trinajstić information content (AvgIpc) is 2.42. The quantitative estimate of drug-likeness (QED) is 0.808. The lowest BCUT2D eigenvalue weighted by Gasteiger charge is -2.07. The Kier molecular flexibility index (Phi) is 4.13. The Morgan fingerprint density at radius 3 is 2.58 bits per heavy atom. The van der Waals surface area contributed by atoms with Gasteiger partial charge in [0.2, 0.25) is 0 Å². The summed E-state index contributed by atoms with van der Waals surface area (Å²) in [5.74, 6) is -1.01. The first-order valence-electron chi connectivity index (χ1n) is 6.16. The Balaban J connectivity index is 2.07. The van der Waals surface area contributed by atoms with E-state index in [4.69, 9.17) is 5.11 Å². The first-order chi connectivity index (χ1) is 9.18. The van der Waals surface area contributed by atoms with Crippen molar-refractivity contribution in [3.63, 3.8) is 0 Å². The topological polar surface area (TPSA) is 66.4 Å². The number of carboxylic acid groups (broad SMARTS) is 1. The van der Waals surface area contributed by atoms with Gasteiger partial charge in [-0.25, -0.2) is 0 Å². The highest BCUT2D eigenvalue weighted by Crippen LogP contribution is 2.18. The third kappa shape index (κ3) is 3.31. The van der Waals surface area contributed by atoms with E-state index < -0.39 is 5.97 Å². The molecule has 0 saturated carbocycles. The molecule has 98 valence electrons. The van der Waals surface area contributed by atoms with Gasteiger partial charge in [0.25, 0.3) is 5.91 Å². The molecule has 2 rings (SSSR count). The van der Waals surface area contributed by atoms with E-state index in [0.29, 0.717) is 18.5 Å². The molecular formula is C15H15NO3. The molecule has 0 unspecified atom stereocenters. The van der Waals surface area contributed by atoms with E-state index in [1.54, 1.807) is 6.07 Å². The molecule has 2 N–H and O–H groups in total. The van der Waals surface area contributed by atoms with Crippen molar-refractivity contribution < 1.29 is 14.7 Å². The number of amides is 1. The molecule has 4 heteroatoms. The minimum Gasteiger partial charge on any atom is -0.481 e. The van der Waals surface area contributed by atoms with Gasteiger partial charge in [0.1, 0.15) is 0 Å². The summed E-state index contributed by atoms with van der Waals surface area (Å²) in [5, 5.41) is 13.2.